The molecule has 0 amide bonds. The van der Waals surface area contributed by atoms with Crippen LogP contribution in [0, 0.1) is 10.1 Å². The van der Waals surface area contributed by atoms with Crippen LogP contribution in [-0.4, -0.2) is 19.5 Å². The average molecular weight is 442 g/mol. The Kier molecular flexibility index (Phi) is 4.63. The highest BCUT2D eigenvalue weighted by molar-refractivity contribution is 6.14. The van der Waals surface area contributed by atoms with Crippen molar-refractivity contribution in [3.63, 3.8) is 0 Å². The zero-order valence-corrected chi connectivity index (χ0v) is 18.0. The summed E-state index contributed by atoms with van der Waals surface area (Å²) in [6.07, 6.45) is 5.15. The number of para-hydroxylation sites is 2. The maximum Gasteiger partial charge on any atom is 0.295 e. The molecule has 6 rings (SSSR count). The summed E-state index contributed by atoms with van der Waals surface area (Å²) in [5.74, 6) is 0. The van der Waals surface area contributed by atoms with E-state index < -0.39 is 0 Å². The Balaban J connectivity index is 1.65. The molecule has 3 aromatic heterocycles. The highest BCUT2D eigenvalue weighted by atomic mass is 16.6. The number of pyridine rings is 2. The molecule has 0 unspecified atom stereocenters. The Bertz CT molecular complexity index is 1670. The predicted octanol–water partition coefficient (Wildman–Crippen LogP) is 6.82. The first-order chi connectivity index (χ1) is 16.7. The van der Waals surface area contributed by atoms with Gasteiger partial charge in [0, 0.05) is 46.7 Å². The topological polar surface area (TPSA) is 73.8 Å². The summed E-state index contributed by atoms with van der Waals surface area (Å²) in [6, 6.07) is 29.4. The van der Waals surface area contributed by atoms with Crippen molar-refractivity contribution in [3.05, 3.63) is 120 Å². The van der Waals surface area contributed by atoms with Gasteiger partial charge < -0.3 is 4.57 Å². The van der Waals surface area contributed by atoms with Crippen LogP contribution in [0.4, 0.5) is 5.69 Å². The van der Waals surface area contributed by atoms with E-state index >= 15 is 0 Å². The van der Waals surface area contributed by atoms with Crippen LogP contribution >= 0.6 is 0 Å². The smallest absolute Gasteiger partial charge is 0.295 e. The first-order valence-electron chi connectivity index (χ1n) is 10.8. The molecule has 0 atom stereocenters. The maximum absolute atomic E-state index is 11.8. The molecule has 0 saturated heterocycles. The van der Waals surface area contributed by atoms with E-state index in [9.17, 15) is 10.1 Å². The van der Waals surface area contributed by atoms with E-state index in [-0.39, 0.29) is 10.6 Å². The SMILES string of the molecule is O=[N+]([O-])c1cccnc1-c1cccc2c3ccccc3n(-c3ccc(-c4ccncc4)cc3)c12. The number of aromatic nitrogens is 3. The van der Waals surface area contributed by atoms with Crippen molar-refractivity contribution in [2.24, 2.45) is 0 Å². The molecule has 6 nitrogen and oxygen atoms in total. The van der Waals surface area contributed by atoms with E-state index in [0.717, 1.165) is 44.2 Å². The quantitative estimate of drug-likeness (QED) is 0.222. The molecule has 0 spiro atoms. The minimum Gasteiger partial charge on any atom is -0.309 e. The highest BCUT2D eigenvalue weighted by Crippen LogP contribution is 2.39. The van der Waals surface area contributed by atoms with Crippen LogP contribution in [0.1, 0.15) is 0 Å². The standard InChI is InChI=1S/C28H18N4O2/c33-32(34)26-9-4-16-30-27(26)24-7-3-6-23-22-5-1-2-8-25(22)31(28(23)24)21-12-10-19(11-13-21)20-14-17-29-18-15-20/h1-18H. The molecule has 0 radical (unpaired) electrons. The number of hydrogen-bond donors (Lipinski definition) is 0. The molecule has 0 aliphatic rings. The van der Waals surface area contributed by atoms with Crippen LogP contribution in [0.15, 0.2) is 110 Å². The Morgan fingerprint density at radius 1 is 0.706 bits per heavy atom. The van der Waals surface area contributed by atoms with Crippen molar-refractivity contribution < 1.29 is 4.92 Å². The molecule has 0 aliphatic heterocycles. The fourth-order valence-electron chi connectivity index (χ4n) is 4.58. The zero-order chi connectivity index (χ0) is 23.1. The predicted molar refractivity (Wildman–Crippen MR) is 134 cm³/mol. The van der Waals surface area contributed by atoms with Crippen molar-refractivity contribution in [2.75, 3.05) is 0 Å². The molecule has 3 aromatic carbocycles. The van der Waals surface area contributed by atoms with Crippen molar-refractivity contribution in [2.45, 2.75) is 0 Å². The number of rotatable bonds is 4. The van der Waals surface area contributed by atoms with Gasteiger partial charge in [-0.05, 0) is 47.5 Å². The summed E-state index contributed by atoms with van der Waals surface area (Å²) in [4.78, 5) is 19.9. The van der Waals surface area contributed by atoms with E-state index in [4.69, 9.17) is 0 Å². The van der Waals surface area contributed by atoms with Crippen molar-refractivity contribution in [1.82, 2.24) is 14.5 Å². The van der Waals surface area contributed by atoms with Gasteiger partial charge in [-0.2, -0.15) is 0 Å². The van der Waals surface area contributed by atoms with E-state index in [2.05, 4.69) is 57.0 Å². The molecule has 34 heavy (non-hydrogen) atoms. The van der Waals surface area contributed by atoms with Gasteiger partial charge in [0.2, 0.25) is 0 Å². The third kappa shape index (κ3) is 3.12. The summed E-state index contributed by atoms with van der Waals surface area (Å²) in [6.45, 7) is 0. The van der Waals surface area contributed by atoms with Crippen LogP contribution in [0.25, 0.3) is 49.9 Å². The summed E-state index contributed by atoms with van der Waals surface area (Å²) in [5, 5.41) is 13.9. The number of nitro groups is 1. The van der Waals surface area contributed by atoms with Gasteiger partial charge in [0.1, 0.15) is 5.69 Å². The van der Waals surface area contributed by atoms with Crippen LogP contribution < -0.4 is 0 Å². The second kappa shape index (κ2) is 7.94. The van der Waals surface area contributed by atoms with E-state index in [0.29, 0.717) is 5.69 Å². The normalized spacial score (nSPS) is 11.2. The molecular weight excluding hydrogens is 424 g/mol. The number of hydrogen-bond acceptors (Lipinski definition) is 4. The van der Waals surface area contributed by atoms with Gasteiger partial charge in [-0.25, -0.2) is 4.98 Å². The third-order valence-corrected chi connectivity index (χ3v) is 6.07. The fourth-order valence-corrected chi connectivity index (χ4v) is 4.58. The van der Waals surface area contributed by atoms with Crippen LogP contribution in [0.5, 0.6) is 0 Å². The molecule has 0 aliphatic carbocycles. The van der Waals surface area contributed by atoms with Crippen molar-refractivity contribution in [3.8, 4) is 28.1 Å². The number of nitrogens with zero attached hydrogens (tertiary/aromatic N) is 4. The van der Waals surface area contributed by atoms with Crippen molar-refractivity contribution in [1.29, 1.82) is 0 Å². The molecule has 0 fully saturated rings. The minimum absolute atomic E-state index is 0.0140. The van der Waals surface area contributed by atoms with Crippen molar-refractivity contribution >= 4 is 27.5 Å². The second-order valence-electron chi connectivity index (χ2n) is 7.97. The fraction of sp³-hybridized carbons (Fsp3) is 0. The van der Waals surface area contributed by atoms with Gasteiger partial charge in [-0.15, -0.1) is 0 Å². The number of fused-ring (bicyclic) bond motifs is 3. The van der Waals surface area contributed by atoms with Crippen LogP contribution in [-0.2, 0) is 0 Å². The molecule has 6 aromatic rings. The van der Waals surface area contributed by atoms with Gasteiger partial charge in [0.05, 0.1) is 16.0 Å². The van der Waals surface area contributed by atoms with E-state index in [1.807, 2.05) is 36.4 Å². The highest BCUT2D eigenvalue weighted by Gasteiger charge is 2.22. The van der Waals surface area contributed by atoms with E-state index in [1.165, 1.54) is 6.07 Å². The molecule has 0 bridgehead atoms. The van der Waals surface area contributed by atoms with Gasteiger partial charge in [-0.1, -0.05) is 48.5 Å². The molecule has 6 heteroatoms. The minimum atomic E-state index is -0.377. The molecular formula is C28H18N4O2. The Hall–Kier alpha value is -4.84. The summed E-state index contributed by atoms with van der Waals surface area (Å²) >= 11 is 0. The number of benzene rings is 3. The van der Waals surface area contributed by atoms with Crippen LogP contribution in [0.2, 0.25) is 0 Å². The molecule has 0 saturated carbocycles. The Morgan fingerprint density at radius 3 is 2.24 bits per heavy atom. The Morgan fingerprint density at radius 2 is 1.44 bits per heavy atom. The first-order valence-corrected chi connectivity index (χ1v) is 10.8. The van der Waals surface area contributed by atoms with Gasteiger partial charge in [0.25, 0.3) is 5.69 Å². The van der Waals surface area contributed by atoms with Crippen LogP contribution in [0.3, 0.4) is 0 Å². The lowest BCUT2D eigenvalue weighted by atomic mass is 10.0. The maximum atomic E-state index is 11.8. The second-order valence-corrected chi connectivity index (χ2v) is 7.97. The summed E-state index contributed by atoms with van der Waals surface area (Å²) in [5.41, 5.74) is 6.13. The lowest BCUT2D eigenvalue weighted by molar-refractivity contribution is -0.384. The summed E-state index contributed by atoms with van der Waals surface area (Å²) < 4.78 is 2.16. The Labute approximate surface area is 194 Å². The third-order valence-electron chi connectivity index (χ3n) is 6.07. The lowest BCUT2D eigenvalue weighted by Gasteiger charge is -2.12. The molecule has 0 N–H and O–H groups in total. The molecule has 162 valence electrons. The van der Waals surface area contributed by atoms with Gasteiger partial charge in [-0.3, -0.25) is 15.1 Å². The van der Waals surface area contributed by atoms with E-state index in [1.54, 1.807) is 24.7 Å². The molecule has 3 heterocycles. The van der Waals surface area contributed by atoms with Gasteiger partial charge >= 0.3 is 0 Å². The largest absolute Gasteiger partial charge is 0.309 e. The van der Waals surface area contributed by atoms with Gasteiger partial charge in [0.15, 0.2) is 0 Å². The monoisotopic (exact) mass is 442 g/mol. The summed E-state index contributed by atoms with van der Waals surface area (Å²) in [7, 11) is 0. The average Bonchev–Trinajstić information content (AvgIpc) is 3.24. The lowest BCUT2D eigenvalue weighted by Crippen LogP contribution is -1.98. The zero-order valence-electron chi connectivity index (χ0n) is 18.0. The first kappa shape index (κ1) is 19.8.